The van der Waals surface area contributed by atoms with Crippen molar-refractivity contribution in [1.82, 2.24) is 14.8 Å². The average molecular weight is 383 g/mol. The predicted molar refractivity (Wildman–Crippen MR) is 103 cm³/mol. The zero-order valence-corrected chi connectivity index (χ0v) is 15.8. The number of pyridine rings is 1. The molecule has 1 aromatic carbocycles. The lowest BCUT2D eigenvalue weighted by molar-refractivity contribution is -0.139. The van der Waals surface area contributed by atoms with Crippen LogP contribution in [0.15, 0.2) is 54.4 Å². The molecule has 146 valence electrons. The summed E-state index contributed by atoms with van der Waals surface area (Å²) in [5.74, 6) is -2.22. The molecule has 0 spiro atoms. The van der Waals surface area contributed by atoms with Gasteiger partial charge in [-0.2, -0.15) is 0 Å². The second kappa shape index (κ2) is 8.31. The van der Waals surface area contributed by atoms with Crippen molar-refractivity contribution in [2.45, 2.75) is 12.5 Å². The van der Waals surface area contributed by atoms with Crippen LogP contribution in [0.1, 0.15) is 23.6 Å². The number of benzene rings is 1. The Morgan fingerprint density at radius 1 is 1.21 bits per heavy atom. The Labute approximate surface area is 162 Å². The normalized spacial score (nSPS) is 18.9. The fourth-order valence-electron chi connectivity index (χ4n) is 3.36. The third kappa shape index (κ3) is 3.94. The van der Waals surface area contributed by atoms with Crippen LogP contribution in [0, 0.1) is 5.82 Å². The van der Waals surface area contributed by atoms with Crippen molar-refractivity contribution < 1.29 is 19.1 Å². The largest absolute Gasteiger partial charge is 0.507 e. The standard InChI is InChI=1S/C21H22FN3O3/c1-24(2)11-4-12-25-18(15-5-3-6-16(22)13-15)17(20(27)21(25)28)19(26)14-7-9-23-10-8-14/h3,5-10,13,18,26H,4,11-12H2,1-2H3/t18-/m0/s1. The van der Waals surface area contributed by atoms with E-state index < -0.39 is 23.5 Å². The monoisotopic (exact) mass is 383 g/mol. The molecule has 0 bridgehead atoms. The van der Waals surface area contributed by atoms with E-state index in [2.05, 4.69) is 4.98 Å². The number of ketones is 1. The van der Waals surface area contributed by atoms with Crippen LogP contribution in [0.3, 0.4) is 0 Å². The molecule has 3 rings (SSSR count). The summed E-state index contributed by atoms with van der Waals surface area (Å²) in [7, 11) is 3.84. The van der Waals surface area contributed by atoms with E-state index in [9.17, 15) is 19.1 Å². The molecule has 1 aliphatic heterocycles. The van der Waals surface area contributed by atoms with E-state index in [1.165, 1.54) is 35.5 Å². The first-order chi connectivity index (χ1) is 13.4. The van der Waals surface area contributed by atoms with E-state index >= 15 is 0 Å². The summed E-state index contributed by atoms with van der Waals surface area (Å²) in [6.45, 7) is 1.04. The van der Waals surface area contributed by atoms with Gasteiger partial charge in [0.15, 0.2) is 0 Å². The summed E-state index contributed by atoms with van der Waals surface area (Å²) in [6, 6.07) is 8.02. The molecular formula is C21H22FN3O3. The van der Waals surface area contributed by atoms with Gasteiger partial charge in [-0.05, 0) is 56.9 Å². The Bertz CT molecular complexity index is 912. The fraction of sp³-hybridized carbons (Fsp3) is 0.286. The van der Waals surface area contributed by atoms with Gasteiger partial charge in [-0.3, -0.25) is 14.6 Å². The minimum atomic E-state index is -0.842. The average Bonchev–Trinajstić information content (AvgIpc) is 2.93. The number of aromatic nitrogens is 1. The molecule has 6 nitrogen and oxygen atoms in total. The van der Waals surface area contributed by atoms with E-state index in [-0.39, 0.29) is 11.3 Å². The summed E-state index contributed by atoms with van der Waals surface area (Å²) in [5, 5.41) is 10.8. The fourth-order valence-corrected chi connectivity index (χ4v) is 3.36. The Balaban J connectivity index is 2.08. The predicted octanol–water partition coefficient (Wildman–Crippen LogP) is 2.59. The molecule has 1 atom stereocenters. The van der Waals surface area contributed by atoms with Crippen molar-refractivity contribution in [2.24, 2.45) is 0 Å². The van der Waals surface area contributed by atoms with Gasteiger partial charge in [0.1, 0.15) is 11.6 Å². The third-order valence-electron chi connectivity index (χ3n) is 4.66. The number of amides is 1. The van der Waals surface area contributed by atoms with Crippen LogP contribution < -0.4 is 0 Å². The van der Waals surface area contributed by atoms with Crippen LogP contribution in [-0.4, -0.2) is 58.8 Å². The summed E-state index contributed by atoms with van der Waals surface area (Å²) in [5.41, 5.74) is 0.786. The smallest absolute Gasteiger partial charge is 0.295 e. The van der Waals surface area contributed by atoms with Gasteiger partial charge >= 0.3 is 0 Å². The van der Waals surface area contributed by atoms with Gasteiger partial charge in [0.05, 0.1) is 11.6 Å². The van der Waals surface area contributed by atoms with Gasteiger partial charge < -0.3 is 14.9 Å². The lowest BCUT2D eigenvalue weighted by Crippen LogP contribution is -2.32. The quantitative estimate of drug-likeness (QED) is 0.472. The first kappa shape index (κ1) is 19.7. The first-order valence-electron chi connectivity index (χ1n) is 8.99. The number of halogens is 1. The minimum Gasteiger partial charge on any atom is -0.507 e. The second-order valence-electron chi connectivity index (χ2n) is 6.94. The molecule has 0 radical (unpaired) electrons. The van der Waals surface area contributed by atoms with E-state index in [4.69, 9.17) is 0 Å². The lowest BCUT2D eigenvalue weighted by atomic mass is 9.95. The van der Waals surface area contributed by atoms with Crippen LogP contribution in [0.4, 0.5) is 4.39 Å². The van der Waals surface area contributed by atoms with Crippen molar-refractivity contribution in [1.29, 1.82) is 0 Å². The van der Waals surface area contributed by atoms with Crippen molar-refractivity contribution in [2.75, 3.05) is 27.2 Å². The van der Waals surface area contributed by atoms with Crippen LogP contribution in [0.25, 0.3) is 5.76 Å². The lowest BCUT2D eigenvalue weighted by Gasteiger charge is -2.26. The van der Waals surface area contributed by atoms with Crippen LogP contribution in [0.2, 0.25) is 0 Å². The zero-order valence-electron chi connectivity index (χ0n) is 15.8. The Kier molecular flexibility index (Phi) is 5.84. The number of aliphatic hydroxyl groups is 1. The molecule has 0 saturated carbocycles. The summed E-state index contributed by atoms with van der Waals surface area (Å²) >= 11 is 0. The molecule has 28 heavy (non-hydrogen) atoms. The molecule has 7 heteroatoms. The number of hydrogen-bond acceptors (Lipinski definition) is 5. The van der Waals surface area contributed by atoms with Crippen LogP contribution in [0.5, 0.6) is 0 Å². The SMILES string of the molecule is CN(C)CCCN1C(=O)C(=O)C(=C(O)c2ccncc2)[C@@H]1c1cccc(F)c1. The number of Topliss-reactive ketones (excluding diaryl/α,β-unsaturated/α-hetero) is 1. The topological polar surface area (TPSA) is 73.7 Å². The molecule has 0 unspecified atom stereocenters. The molecule has 1 N–H and O–H groups in total. The maximum absolute atomic E-state index is 13.9. The molecule has 1 amide bonds. The van der Waals surface area contributed by atoms with E-state index in [1.54, 1.807) is 18.2 Å². The molecular weight excluding hydrogens is 361 g/mol. The summed E-state index contributed by atoms with van der Waals surface area (Å²) in [4.78, 5) is 32.8. The van der Waals surface area contributed by atoms with Gasteiger partial charge in [0.2, 0.25) is 0 Å². The van der Waals surface area contributed by atoms with E-state index in [0.717, 1.165) is 6.54 Å². The highest BCUT2D eigenvalue weighted by Gasteiger charge is 2.45. The number of hydrogen-bond donors (Lipinski definition) is 1. The van der Waals surface area contributed by atoms with Crippen LogP contribution >= 0.6 is 0 Å². The van der Waals surface area contributed by atoms with Gasteiger partial charge in [-0.15, -0.1) is 0 Å². The highest BCUT2D eigenvalue weighted by atomic mass is 19.1. The van der Waals surface area contributed by atoms with E-state index in [0.29, 0.717) is 24.1 Å². The highest BCUT2D eigenvalue weighted by molar-refractivity contribution is 6.46. The minimum absolute atomic E-state index is 0.0355. The summed E-state index contributed by atoms with van der Waals surface area (Å²) in [6.07, 6.45) is 3.61. The molecule has 2 heterocycles. The van der Waals surface area contributed by atoms with Crippen molar-refractivity contribution >= 4 is 17.4 Å². The van der Waals surface area contributed by atoms with Crippen LogP contribution in [-0.2, 0) is 9.59 Å². The molecule has 1 fully saturated rings. The second-order valence-corrected chi connectivity index (χ2v) is 6.94. The van der Waals surface area contributed by atoms with E-state index in [1.807, 2.05) is 19.0 Å². The number of nitrogens with zero attached hydrogens (tertiary/aromatic N) is 3. The molecule has 1 saturated heterocycles. The third-order valence-corrected chi connectivity index (χ3v) is 4.66. The summed E-state index contributed by atoms with van der Waals surface area (Å²) < 4.78 is 13.9. The number of likely N-dealkylation sites (tertiary alicyclic amines) is 1. The van der Waals surface area contributed by atoms with Crippen molar-refractivity contribution in [3.8, 4) is 0 Å². The van der Waals surface area contributed by atoms with Gasteiger partial charge in [0.25, 0.3) is 11.7 Å². The van der Waals surface area contributed by atoms with Crippen molar-refractivity contribution in [3.63, 3.8) is 0 Å². The number of carbonyl (C=O) groups excluding carboxylic acids is 2. The maximum atomic E-state index is 13.9. The highest BCUT2D eigenvalue weighted by Crippen LogP contribution is 2.39. The zero-order chi connectivity index (χ0) is 20.3. The number of rotatable bonds is 6. The Morgan fingerprint density at radius 2 is 1.93 bits per heavy atom. The number of aliphatic hydroxyl groups excluding tert-OH is 1. The number of carbonyl (C=O) groups is 2. The van der Waals surface area contributed by atoms with Gasteiger partial charge in [-0.1, -0.05) is 12.1 Å². The molecule has 0 aliphatic carbocycles. The molecule has 1 aromatic heterocycles. The Hall–Kier alpha value is -3.06. The first-order valence-corrected chi connectivity index (χ1v) is 8.99. The van der Waals surface area contributed by atoms with Crippen molar-refractivity contribution in [3.05, 3.63) is 71.3 Å². The maximum Gasteiger partial charge on any atom is 0.295 e. The Morgan fingerprint density at radius 3 is 2.57 bits per heavy atom. The molecule has 1 aliphatic rings. The van der Waals surface area contributed by atoms with Gasteiger partial charge in [-0.25, -0.2) is 4.39 Å². The molecule has 2 aromatic rings. The van der Waals surface area contributed by atoms with Gasteiger partial charge in [0, 0.05) is 24.5 Å².